The quantitative estimate of drug-likeness (QED) is 0.715. The van der Waals surface area contributed by atoms with Crippen molar-refractivity contribution < 1.29 is 26.3 Å². The summed E-state index contributed by atoms with van der Waals surface area (Å²) in [6, 6.07) is 0. The lowest BCUT2D eigenvalue weighted by molar-refractivity contribution is -0.140. The molecule has 0 amide bonds. The molecule has 15 heavy (non-hydrogen) atoms. The second-order valence-corrected chi connectivity index (χ2v) is 3.27. The van der Waals surface area contributed by atoms with Crippen LogP contribution in [0.3, 0.4) is 0 Å². The monoisotopic (exact) mass is 293 g/mol. The summed E-state index contributed by atoms with van der Waals surface area (Å²) in [5.74, 6) is -1.34. The van der Waals surface area contributed by atoms with Crippen LogP contribution in [0.5, 0.6) is 0 Å². The fourth-order valence-electron chi connectivity index (χ4n) is 0.914. The summed E-state index contributed by atoms with van der Waals surface area (Å²) >= 11 is 2.27. The van der Waals surface area contributed by atoms with Gasteiger partial charge in [0.05, 0.1) is 10.7 Å². The lowest BCUT2D eigenvalue weighted by atomic mass is 10.2. The molecule has 0 fully saturated rings. The van der Waals surface area contributed by atoms with Crippen LogP contribution in [0.4, 0.5) is 26.3 Å². The Hall–Kier alpha value is -0.790. The van der Waals surface area contributed by atoms with Gasteiger partial charge in [0.2, 0.25) is 0 Å². The first-order chi connectivity index (χ1) is 6.75. The molecular formula is C7H2BrF6N. The van der Waals surface area contributed by atoms with Crippen LogP contribution in [0, 0.1) is 5.82 Å². The van der Waals surface area contributed by atoms with Crippen molar-refractivity contribution in [3.05, 3.63) is 27.7 Å². The number of halogens is 7. The van der Waals surface area contributed by atoms with Crippen molar-refractivity contribution in [2.24, 2.45) is 0 Å². The predicted octanol–water partition coefficient (Wildman–Crippen LogP) is 3.94. The van der Waals surface area contributed by atoms with Crippen LogP contribution >= 0.6 is 15.9 Å². The molecule has 1 rings (SSSR count). The molecule has 1 aromatic heterocycles. The highest BCUT2D eigenvalue weighted by Crippen LogP contribution is 2.40. The number of aromatic nitrogens is 1. The summed E-state index contributed by atoms with van der Waals surface area (Å²) in [7, 11) is 0. The molecule has 0 unspecified atom stereocenters. The zero-order valence-corrected chi connectivity index (χ0v) is 8.33. The van der Waals surface area contributed by atoms with Crippen molar-refractivity contribution in [3.63, 3.8) is 0 Å². The summed E-state index contributed by atoms with van der Waals surface area (Å²) in [5, 5.41) is 0. The summed E-state index contributed by atoms with van der Waals surface area (Å²) in [4.78, 5) is 2.73. The summed E-state index contributed by atoms with van der Waals surface area (Å²) in [6.07, 6.45) is -8.20. The highest BCUT2D eigenvalue weighted by atomic mass is 79.9. The molecule has 1 nitrogen and oxygen atoms in total. The molecular weight excluding hydrogens is 292 g/mol. The number of pyridine rings is 1. The summed E-state index contributed by atoms with van der Waals surface area (Å²) in [5.41, 5.74) is -3.27. The Labute approximate surface area is 88.2 Å². The number of hydrogen-bond donors (Lipinski definition) is 0. The Morgan fingerprint density at radius 1 is 1.27 bits per heavy atom. The Morgan fingerprint density at radius 2 is 1.80 bits per heavy atom. The zero-order valence-electron chi connectivity index (χ0n) is 6.75. The number of nitrogens with zero attached hydrogens (tertiary/aromatic N) is 1. The van der Waals surface area contributed by atoms with E-state index < -0.39 is 34.1 Å². The summed E-state index contributed by atoms with van der Waals surface area (Å²) in [6.45, 7) is 0. The minimum absolute atomic E-state index is 0.306. The van der Waals surface area contributed by atoms with Crippen LogP contribution in [-0.2, 0) is 6.18 Å². The highest BCUT2D eigenvalue weighted by Gasteiger charge is 2.40. The molecule has 84 valence electrons. The highest BCUT2D eigenvalue weighted by molar-refractivity contribution is 9.10. The topological polar surface area (TPSA) is 12.9 Å². The SMILES string of the molecule is Fc1cnc(C(F)F)c(C(F)(F)F)c1Br. The van der Waals surface area contributed by atoms with Gasteiger partial charge in [0.25, 0.3) is 6.43 Å². The maximum absolute atomic E-state index is 12.7. The standard InChI is InChI=1S/C7H2BrF6N/c8-4-2(9)1-15-5(6(10)11)3(4)7(12,13)14/h1,6H. The molecule has 0 aromatic carbocycles. The van der Waals surface area contributed by atoms with E-state index in [1.807, 2.05) is 0 Å². The van der Waals surface area contributed by atoms with Crippen molar-refractivity contribution in [3.8, 4) is 0 Å². The van der Waals surface area contributed by atoms with Gasteiger partial charge in [-0.2, -0.15) is 13.2 Å². The molecule has 1 heterocycles. The van der Waals surface area contributed by atoms with E-state index in [9.17, 15) is 26.3 Å². The average Bonchev–Trinajstić information content (AvgIpc) is 2.06. The Morgan fingerprint density at radius 3 is 2.20 bits per heavy atom. The average molecular weight is 294 g/mol. The van der Waals surface area contributed by atoms with Crippen molar-refractivity contribution in [2.45, 2.75) is 12.6 Å². The minimum Gasteiger partial charge on any atom is -0.252 e. The Kier molecular flexibility index (Phi) is 3.27. The third-order valence-electron chi connectivity index (χ3n) is 1.49. The second kappa shape index (κ2) is 3.99. The molecule has 0 bridgehead atoms. The van der Waals surface area contributed by atoms with Crippen LogP contribution in [0.2, 0.25) is 0 Å². The van der Waals surface area contributed by atoms with Gasteiger partial charge in [-0.05, 0) is 15.9 Å². The predicted molar refractivity (Wildman–Crippen MR) is 41.9 cm³/mol. The van der Waals surface area contributed by atoms with Crippen LogP contribution in [0.15, 0.2) is 10.7 Å². The van der Waals surface area contributed by atoms with Gasteiger partial charge < -0.3 is 0 Å². The minimum atomic E-state index is -5.08. The first-order valence-electron chi connectivity index (χ1n) is 3.44. The number of alkyl halides is 5. The van der Waals surface area contributed by atoms with Gasteiger partial charge >= 0.3 is 6.18 Å². The van der Waals surface area contributed by atoms with E-state index in [2.05, 4.69) is 20.9 Å². The van der Waals surface area contributed by atoms with Crippen molar-refractivity contribution in [2.75, 3.05) is 0 Å². The van der Waals surface area contributed by atoms with Crippen LogP contribution < -0.4 is 0 Å². The maximum atomic E-state index is 12.7. The molecule has 1 aromatic rings. The lowest BCUT2D eigenvalue weighted by Gasteiger charge is -2.13. The van der Waals surface area contributed by atoms with E-state index in [0.717, 1.165) is 0 Å². The Bertz CT molecular complexity index is 374. The van der Waals surface area contributed by atoms with Crippen LogP contribution in [0.1, 0.15) is 17.7 Å². The summed E-state index contributed by atoms with van der Waals surface area (Å²) < 4.78 is 72.8. The fraction of sp³-hybridized carbons (Fsp3) is 0.286. The number of rotatable bonds is 1. The Balaban J connectivity index is 3.49. The molecule has 0 aliphatic heterocycles. The first-order valence-corrected chi connectivity index (χ1v) is 4.23. The van der Waals surface area contributed by atoms with E-state index in [0.29, 0.717) is 6.20 Å². The van der Waals surface area contributed by atoms with E-state index in [1.165, 1.54) is 0 Å². The van der Waals surface area contributed by atoms with Crippen LogP contribution in [-0.4, -0.2) is 4.98 Å². The van der Waals surface area contributed by atoms with Gasteiger partial charge in [-0.25, -0.2) is 13.2 Å². The molecule has 0 radical (unpaired) electrons. The van der Waals surface area contributed by atoms with Gasteiger partial charge in [0.15, 0.2) is 5.82 Å². The van der Waals surface area contributed by atoms with Crippen molar-refractivity contribution in [1.82, 2.24) is 4.98 Å². The van der Waals surface area contributed by atoms with Gasteiger partial charge in [-0.15, -0.1) is 0 Å². The fourth-order valence-corrected chi connectivity index (χ4v) is 1.44. The smallest absolute Gasteiger partial charge is 0.252 e. The third kappa shape index (κ3) is 2.42. The number of hydrogen-bond acceptors (Lipinski definition) is 1. The van der Waals surface area contributed by atoms with Crippen molar-refractivity contribution >= 4 is 15.9 Å². The molecule has 0 spiro atoms. The van der Waals surface area contributed by atoms with E-state index >= 15 is 0 Å². The molecule has 0 saturated carbocycles. The largest absolute Gasteiger partial charge is 0.419 e. The van der Waals surface area contributed by atoms with E-state index in [-0.39, 0.29) is 0 Å². The van der Waals surface area contributed by atoms with Gasteiger partial charge in [-0.3, -0.25) is 4.98 Å². The van der Waals surface area contributed by atoms with Gasteiger partial charge in [0, 0.05) is 0 Å². The molecule has 0 aliphatic carbocycles. The van der Waals surface area contributed by atoms with Gasteiger partial charge in [0.1, 0.15) is 11.3 Å². The second-order valence-electron chi connectivity index (χ2n) is 2.48. The molecule has 8 heteroatoms. The first kappa shape index (κ1) is 12.3. The molecule has 0 atom stereocenters. The van der Waals surface area contributed by atoms with Crippen molar-refractivity contribution in [1.29, 1.82) is 0 Å². The van der Waals surface area contributed by atoms with E-state index in [4.69, 9.17) is 0 Å². The third-order valence-corrected chi connectivity index (χ3v) is 2.27. The van der Waals surface area contributed by atoms with Crippen LogP contribution in [0.25, 0.3) is 0 Å². The zero-order chi connectivity index (χ0) is 11.8. The lowest BCUT2D eigenvalue weighted by Crippen LogP contribution is -2.13. The van der Waals surface area contributed by atoms with E-state index in [1.54, 1.807) is 0 Å². The normalized spacial score (nSPS) is 12.3. The van der Waals surface area contributed by atoms with Gasteiger partial charge in [-0.1, -0.05) is 0 Å². The molecule has 0 N–H and O–H groups in total. The molecule has 0 saturated heterocycles. The molecule has 0 aliphatic rings. The maximum Gasteiger partial charge on any atom is 0.419 e.